The Morgan fingerprint density at radius 2 is 2.14 bits per heavy atom. The van der Waals surface area contributed by atoms with E-state index in [1.807, 2.05) is 25.1 Å². The van der Waals surface area contributed by atoms with Gasteiger partial charge in [-0.2, -0.15) is 0 Å². The van der Waals surface area contributed by atoms with Crippen molar-refractivity contribution in [2.24, 2.45) is 0 Å². The average molecular weight is 193 g/mol. The van der Waals surface area contributed by atoms with Crippen LogP contribution >= 0.6 is 0 Å². The Labute approximate surface area is 84.1 Å². The van der Waals surface area contributed by atoms with Crippen molar-refractivity contribution in [2.45, 2.75) is 13.3 Å². The number of ether oxygens (including phenoxy) is 1. The minimum atomic E-state index is -0.267. The molecule has 0 fully saturated rings. The predicted molar refractivity (Wildman–Crippen MR) is 56.6 cm³/mol. The Bertz CT molecular complexity index is 310. The lowest BCUT2D eigenvalue weighted by atomic mass is 10.2. The fourth-order valence-electron chi connectivity index (χ4n) is 1.15. The van der Waals surface area contributed by atoms with Crippen LogP contribution in [0.1, 0.15) is 23.7 Å². The van der Waals surface area contributed by atoms with Gasteiger partial charge in [0.05, 0.1) is 12.2 Å². The Balaban J connectivity index is 2.78. The molecule has 0 saturated heterocycles. The third kappa shape index (κ3) is 2.49. The van der Waals surface area contributed by atoms with Gasteiger partial charge in [0.15, 0.2) is 0 Å². The second-order valence-corrected chi connectivity index (χ2v) is 2.93. The average Bonchev–Trinajstić information content (AvgIpc) is 2.25. The summed E-state index contributed by atoms with van der Waals surface area (Å²) in [5.74, 6) is -0.267. The molecule has 0 radical (unpaired) electrons. The van der Waals surface area contributed by atoms with E-state index in [1.54, 1.807) is 13.1 Å². The molecule has 1 aromatic rings. The molecule has 0 spiro atoms. The van der Waals surface area contributed by atoms with E-state index in [2.05, 4.69) is 5.32 Å². The van der Waals surface area contributed by atoms with Gasteiger partial charge in [0, 0.05) is 12.7 Å². The molecular weight excluding hydrogens is 178 g/mol. The molecule has 0 aliphatic heterocycles. The SMILES string of the molecule is CCCOC(=O)c1ccccc1NC. The quantitative estimate of drug-likeness (QED) is 0.745. The van der Waals surface area contributed by atoms with Gasteiger partial charge in [-0.05, 0) is 18.6 Å². The summed E-state index contributed by atoms with van der Waals surface area (Å²) in [4.78, 5) is 11.5. The van der Waals surface area contributed by atoms with Crippen molar-refractivity contribution in [1.29, 1.82) is 0 Å². The largest absolute Gasteiger partial charge is 0.462 e. The van der Waals surface area contributed by atoms with Gasteiger partial charge in [-0.15, -0.1) is 0 Å². The van der Waals surface area contributed by atoms with Crippen LogP contribution in [0.25, 0.3) is 0 Å². The Morgan fingerprint density at radius 1 is 1.43 bits per heavy atom. The first-order valence-corrected chi connectivity index (χ1v) is 4.73. The second-order valence-electron chi connectivity index (χ2n) is 2.93. The van der Waals surface area contributed by atoms with Gasteiger partial charge in [0.25, 0.3) is 0 Å². The monoisotopic (exact) mass is 193 g/mol. The molecule has 0 aromatic heterocycles. The summed E-state index contributed by atoms with van der Waals surface area (Å²) < 4.78 is 5.04. The van der Waals surface area contributed by atoms with Gasteiger partial charge >= 0.3 is 5.97 Å². The van der Waals surface area contributed by atoms with Crippen LogP contribution < -0.4 is 5.32 Å². The van der Waals surface area contributed by atoms with Crippen molar-refractivity contribution in [1.82, 2.24) is 0 Å². The molecule has 14 heavy (non-hydrogen) atoms. The van der Waals surface area contributed by atoms with E-state index in [0.717, 1.165) is 12.1 Å². The van der Waals surface area contributed by atoms with Crippen molar-refractivity contribution >= 4 is 11.7 Å². The number of hydrogen-bond acceptors (Lipinski definition) is 3. The Hall–Kier alpha value is -1.51. The van der Waals surface area contributed by atoms with Crippen molar-refractivity contribution in [2.75, 3.05) is 19.0 Å². The zero-order valence-electron chi connectivity index (χ0n) is 8.54. The van der Waals surface area contributed by atoms with E-state index < -0.39 is 0 Å². The fraction of sp³-hybridized carbons (Fsp3) is 0.364. The molecule has 3 heteroatoms. The van der Waals surface area contributed by atoms with Gasteiger partial charge < -0.3 is 10.1 Å². The highest BCUT2D eigenvalue weighted by molar-refractivity contribution is 5.95. The molecule has 0 amide bonds. The first-order valence-electron chi connectivity index (χ1n) is 4.73. The zero-order valence-corrected chi connectivity index (χ0v) is 8.54. The van der Waals surface area contributed by atoms with E-state index in [9.17, 15) is 4.79 Å². The van der Waals surface area contributed by atoms with E-state index >= 15 is 0 Å². The number of anilines is 1. The maximum absolute atomic E-state index is 11.5. The van der Waals surface area contributed by atoms with Crippen molar-refractivity contribution in [3.63, 3.8) is 0 Å². The highest BCUT2D eigenvalue weighted by atomic mass is 16.5. The normalized spacial score (nSPS) is 9.57. The lowest BCUT2D eigenvalue weighted by molar-refractivity contribution is 0.0506. The molecule has 0 unspecified atom stereocenters. The second kappa shape index (κ2) is 5.27. The van der Waals surface area contributed by atoms with E-state index in [1.165, 1.54) is 0 Å². The van der Waals surface area contributed by atoms with Crippen LogP contribution in [0.5, 0.6) is 0 Å². The van der Waals surface area contributed by atoms with Gasteiger partial charge in [-0.25, -0.2) is 4.79 Å². The summed E-state index contributed by atoms with van der Waals surface area (Å²) in [7, 11) is 1.78. The number of carbonyl (C=O) groups excluding carboxylic acids is 1. The van der Waals surface area contributed by atoms with Gasteiger partial charge in [0.2, 0.25) is 0 Å². The Morgan fingerprint density at radius 3 is 2.79 bits per heavy atom. The van der Waals surface area contributed by atoms with E-state index in [0.29, 0.717) is 12.2 Å². The molecule has 76 valence electrons. The lowest BCUT2D eigenvalue weighted by Gasteiger charge is -2.07. The predicted octanol–water partition coefficient (Wildman–Crippen LogP) is 2.30. The van der Waals surface area contributed by atoms with Crippen LogP contribution in [0.4, 0.5) is 5.69 Å². The molecule has 0 bridgehead atoms. The lowest BCUT2D eigenvalue weighted by Crippen LogP contribution is -2.08. The molecule has 1 N–H and O–H groups in total. The van der Waals surface area contributed by atoms with Crippen LogP contribution in [0.15, 0.2) is 24.3 Å². The Kier molecular flexibility index (Phi) is 3.98. The van der Waals surface area contributed by atoms with Crippen LogP contribution in [0.2, 0.25) is 0 Å². The minimum Gasteiger partial charge on any atom is -0.462 e. The summed E-state index contributed by atoms with van der Waals surface area (Å²) in [5, 5.41) is 2.95. The van der Waals surface area contributed by atoms with Crippen molar-refractivity contribution in [3.05, 3.63) is 29.8 Å². The van der Waals surface area contributed by atoms with Gasteiger partial charge in [0.1, 0.15) is 0 Å². The number of esters is 1. The van der Waals surface area contributed by atoms with Crippen molar-refractivity contribution in [3.8, 4) is 0 Å². The first-order chi connectivity index (χ1) is 6.79. The number of benzene rings is 1. The highest BCUT2D eigenvalue weighted by Gasteiger charge is 2.10. The summed E-state index contributed by atoms with van der Waals surface area (Å²) in [6.45, 7) is 2.44. The zero-order chi connectivity index (χ0) is 10.4. The smallest absolute Gasteiger partial charge is 0.340 e. The van der Waals surface area contributed by atoms with E-state index in [4.69, 9.17) is 4.74 Å². The van der Waals surface area contributed by atoms with Crippen molar-refractivity contribution < 1.29 is 9.53 Å². The number of nitrogens with one attached hydrogen (secondary N) is 1. The first kappa shape index (κ1) is 10.6. The molecule has 3 nitrogen and oxygen atoms in total. The molecule has 1 aromatic carbocycles. The van der Waals surface area contributed by atoms with Crippen LogP contribution in [0.3, 0.4) is 0 Å². The number of carbonyl (C=O) groups is 1. The summed E-state index contributed by atoms with van der Waals surface area (Å²) in [6, 6.07) is 7.30. The molecule has 0 heterocycles. The van der Waals surface area contributed by atoms with Crippen LogP contribution in [0, 0.1) is 0 Å². The summed E-state index contributed by atoms with van der Waals surface area (Å²) >= 11 is 0. The summed E-state index contributed by atoms with van der Waals surface area (Å²) in [5.41, 5.74) is 1.39. The fourth-order valence-corrected chi connectivity index (χ4v) is 1.15. The molecular formula is C11H15NO2. The number of para-hydroxylation sites is 1. The molecule has 0 aliphatic rings. The third-order valence-electron chi connectivity index (χ3n) is 1.85. The highest BCUT2D eigenvalue weighted by Crippen LogP contribution is 2.15. The topological polar surface area (TPSA) is 38.3 Å². The maximum Gasteiger partial charge on any atom is 0.340 e. The molecule has 0 aliphatic carbocycles. The molecule has 0 saturated carbocycles. The number of hydrogen-bond donors (Lipinski definition) is 1. The minimum absolute atomic E-state index is 0.267. The standard InChI is InChI=1S/C11H15NO2/c1-3-8-14-11(13)9-6-4-5-7-10(9)12-2/h4-7,12H,3,8H2,1-2H3. The third-order valence-corrected chi connectivity index (χ3v) is 1.85. The number of rotatable bonds is 4. The maximum atomic E-state index is 11.5. The molecule has 0 atom stereocenters. The van der Waals surface area contributed by atoms with E-state index in [-0.39, 0.29) is 5.97 Å². The molecule has 1 rings (SSSR count). The van der Waals surface area contributed by atoms with Gasteiger partial charge in [-0.1, -0.05) is 19.1 Å². The van der Waals surface area contributed by atoms with Crippen LogP contribution in [-0.2, 0) is 4.74 Å². The van der Waals surface area contributed by atoms with Gasteiger partial charge in [-0.3, -0.25) is 0 Å². The summed E-state index contributed by atoms with van der Waals surface area (Å²) in [6.07, 6.45) is 0.841. The van der Waals surface area contributed by atoms with Crippen LogP contribution in [-0.4, -0.2) is 19.6 Å².